The number of ketones is 1. The van der Waals surface area contributed by atoms with E-state index in [4.69, 9.17) is 11.6 Å². The van der Waals surface area contributed by atoms with Crippen LogP contribution in [0, 0.1) is 12.8 Å². The summed E-state index contributed by atoms with van der Waals surface area (Å²) in [7, 11) is 0. The Bertz CT molecular complexity index is 379. The minimum Gasteiger partial charge on any atom is -0.294 e. The molecule has 0 bridgehead atoms. The Balaban J connectivity index is 2.92. The number of aryl methyl sites for hydroxylation is 1. The van der Waals surface area contributed by atoms with Crippen LogP contribution in [0.25, 0.3) is 0 Å². The minimum atomic E-state index is 0.171. The van der Waals surface area contributed by atoms with Crippen molar-refractivity contribution >= 4 is 17.4 Å². The molecule has 1 aromatic rings. The van der Waals surface area contributed by atoms with Crippen molar-refractivity contribution in [3.63, 3.8) is 0 Å². The van der Waals surface area contributed by atoms with E-state index < -0.39 is 0 Å². The molecular formula is C15H21ClO. The quantitative estimate of drug-likeness (QED) is 0.648. The smallest absolute Gasteiger partial charge is 0.166 e. The van der Waals surface area contributed by atoms with Gasteiger partial charge in [0.15, 0.2) is 5.78 Å². The largest absolute Gasteiger partial charge is 0.294 e. The van der Waals surface area contributed by atoms with E-state index in [1.54, 1.807) is 6.07 Å². The van der Waals surface area contributed by atoms with E-state index in [0.717, 1.165) is 36.8 Å². The van der Waals surface area contributed by atoms with Gasteiger partial charge in [-0.2, -0.15) is 0 Å². The van der Waals surface area contributed by atoms with Gasteiger partial charge in [-0.1, -0.05) is 38.3 Å². The molecule has 0 aliphatic rings. The summed E-state index contributed by atoms with van der Waals surface area (Å²) in [6, 6.07) is 5.53. The molecule has 0 aliphatic carbocycles. The Morgan fingerprint density at radius 1 is 1.24 bits per heavy atom. The lowest BCUT2D eigenvalue weighted by Gasteiger charge is -2.15. The molecule has 0 aliphatic heterocycles. The average Bonchev–Trinajstić information content (AvgIpc) is 2.28. The Morgan fingerprint density at radius 2 is 1.82 bits per heavy atom. The number of halogens is 1. The zero-order valence-electron chi connectivity index (χ0n) is 10.9. The summed E-state index contributed by atoms with van der Waals surface area (Å²) >= 11 is 5.91. The van der Waals surface area contributed by atoms with Crippen LogP contribution in [0.2, 0.25) is 5.02 Å². The van der Waals surface area contributed by atoms with Gasteiger partial charge in [0, 0.05) is 16.5 Å². The summed E-state index contributed by atoms with van der Waals surface area (Å²) in [5, 5.41) is 0.696. The van der Waals surface area contributed by atoms with Gasteiger partial charge in [0.2, 0.25) is 0 Å². The summed E-state index contributed by atoms with van der Waals surface area (Å²) in [5.74, 6) is 0.452. The van der Waals surface area contributed by atoms with Crippen molar-refractivity contribution in [3.05, 3.63) is 34.3 Å². The van der Waals surface area contributed by atoms with Crippen LogP contribution in [-0.4, -0.2) is 5.78 Å². The fourth-order valence-electron chi connectivity index (χ4n) is 2.23. The average molecular weight is 253 g/mol. The molecule has 0 heterocycles. The van der Waals surface area contributed by atoms with E-state index in [2.05, 4.69) is 13.8 Å². The molecule has 0 fully saturated rings. The van der Waals surface area contributed by atoms with Gasteiger partial charge >= 0.3 is 0 Å². The molecule has 1 nitrogen and oxygen atoms in total. The van der Waals surface area contributed by atoms with Crippen molar-refractivity contribution in [1.82, 2.24) is 0 Å². The first kappa shape index (κ1) is 14.2. The normalized spacial score (nSPS) is 10.9. The van der Waals surface area contributed by atoms with Gasteiger partial charge in [-0.05, 0) is 43.5 Å². The third-order valence-electron chi connectivity index (χ3n) is 3.10. The second-order valence-corrected chi connectivity index (χ2v) is 5.03. The van der Waals surface area contributed by atoms with Crippen LogP contribution < -0.4 is 0 Å². The maximum atomic E-state index is 12.4. The van der Waals surface area contributed by atoms with Crippen molar-refractivity contribution in [2.24, 2.45) is 5.92 Å². The summed E-state index contributed by atoms with van der Waals surface area (Å²) in [5.41, 5.74) is 1.82. The van der Waals surface area contributed by atoms with Crippen LogP contribution in [0.3, 0.4) is 0 Å². The van der Waals surface area contributed by atoms with Crippen LogP contribution in [0.1, 0.15) is 55.5 Å². The van der Waals surface area contributed by atoms with Gasteiger partial charge in [-0.3, -0.25) is 4.79 Å². The molecule has 0 amide bonds. The molecule has 0 unspecified atom stereocenters. The standard InChI is InChI=1S/C15H21ClO/c1-4-6-12(7-5-2)15(17)14-9-8-13(16)10-11(14)3/h8-10,12H,4-7H2,1-3H3. The van der Waals surface area contributed by atoms with Crippen molar-refractivity contribution in [2.45, 2.75) is 46.5 Å². The SMILES string of the molecule is CCCC(CCC)C(=O)c1ccc(Cl)cc1C. The molecule has 1 aromatic carbocycles. The Kier molecular flexibility index (Phi) is 5.70. The number of hydrogen-bond acceptors (Lipinski definition) is 1. The molecule has 17 heavy (non-hydrogen) atoms. The maximum absolute atomic E-state index is 12.4. The number of carbonyl (C=O) groups excluding carboxylic acids is 1. The van der Waals surface area contributed by atoms with Crippen molar-refractivity contribution in [1.29, 1.82) is 0 Å². The second kappa shape index (κ2) is 6.80. The van der Waals surface area contributed by atoms with Gasteiger partial charge in [0.25, 0.3) is 0 Å². The third kappa shape index (κ3) is 3.85. The lowest BCUT2D eigenvalue weighted by molar-refractivity contribution is 0.0904. The molecule has 1 rings (SSSR count). The first-order valence-corrected chi connectivity index (χ1v) is 6.78. The van der Waals surface area contributed by atoms with E-state index in [9.17, 15) is 4.79 Å². The predicted molar refractivity (Wildman–Crippen MR) is 73.8 cm³/mol. The van der Waals surface area contributed by atoms with Gasteiger partial charge in [0.05, 0.1) is 0 Å². The highest BCUT2D eigenvalue weighted by Gasteiger charge is 2.19. The Hall–Kier alpha value is -0.820. The van der Waals surface area contributed by atoms with Crippen LogP contribution in [0.5, 0.6) is 0 Å². The van der Waals surface area contributed by atoms with Crippen LogP contribution >= 0.6 is 11.6 Å². The molecule has 0 saturated heterocycles. The van der Waals surface area contributed by atoms with E-state index in [1.165, 1.54) is 0 Å². The highest BCUT2D eigenvalue weighted by Crippen LogP contribution is 2.23. The second-order valence-electron chi connectivity index (χ2n) is 4.60. The zero-order chi connectivity index (χ0) is 12.8. The Morgan fingerprint density at radius 3 is 2.29 bits per heavy atom. The van der Waals surface area contributed by atoms with Crippen molar-refractivity contribution in [3.8, 4) is 0 Å². The summed E-state index contributed by atoms with van der Waals surface area (Å²) in [6.45, 7) is 6.21. The van der Waals surface area contributed by atoms with E-state index in [-0.39, 0.29) is 11.7 Å². The molecule has 0 spiro atoms. The van der Waals surface area contributed by atoms with E-state index >= 15 is 0 Å². The lowest BCUT2D eigenvalue weighted by atomic mass is 9.88. The zero-order valence-corrected chi connectivity index (χ0v) is 11.7. The van der Waals surface area contributed by atoms with Gasteiger partial charge in [-0.25, -0.2) is 0 Å². The number of benzene rings is 1. The number of carbonyl (C=O) groups is 1. The van der Waals surface area contributed by atoms with Crippen LogP contribution in [-0.2, 0) is 0 Å². The fraction of sp³-hybridized carbons (Fsp3) is 0.533. The third-order valence-corrected chi connectivity index (χ3v) is 3.33. The van der Waals surface area contributed by atoms with Crippen molar-refractivity contribution < 1.29 is 4.79 Å². The molecule has 0 saturated carbocycles. The molecule has 0 aromatic heterocycles. The molecule has 2 heteroatoms. The van der Waals surface area contributed by atoms with Gasteiger partial charge in [-0.15, -0.1) is 0 Å². The number of hydrogen-bond donors (Lipinski definition) is 0. The van der Waals surface area contributed by atoms with Gasteiger partial charge < -0.3 is 0 Å². The topological polar surface area (TPSA) is 17.1 Å². The van der Waals surface area contributed by atoms with E-state index in [1.807, 2.05) is 19.1 Å². The highest BCUT2D eigenvalue weighted by atomic mass is 35.5. The summed E-state index contributed by atoms with van der Waals surface area (Å²) in [6.07, 6.45) is 4.08. The monoisotopic (exact) mass is 252 g/mol. The summed E-state index contributed by atoms with van der Waals surface area (Å²) in [4.78, 5) is 12.4. The summed E-state index contributed by atoms with van der Waals surface area (Å²) < 4.78 is 0. The number of rotatable bonds is 6. The van der Waals surface area contributed by atoms with E-state index in [0.29, 0.717) is 5.02 Å². The minimum absolute atomic E-state index is 0.171. The molecule has 0 N–H and O–H groups in total. The first-order chi connectivity index (χ1) is 8.10. The molecule has 0 radical (unpaired) electrons. The Labute approximate surface area is 109 Å². The number of Topliss-reactive ketones (excluding diaryl/α,β-unsaturated/α-hetero) is 1. The maximum Gasteiger partial charge on any atom is 0.166 e. The molecule has 94 valence electrons. The highest BCUT2D eigenvalue weighted by molar-refractivity contribution is 6.30. The van der Waals surface area contributed by atoms with Crippen LogP contribution in [0.15, 0.2) is 18.2 Å². The van der Waals surface area contributed by atoms with Gasteiger partial charge in [0.1, 0.15) is 0 Å². The fourth-order valence-corrected chi connectivity index (χ4v) is 2.45. The molecular weight excluding hydrogens is 232 g/mol. The van der Waals surface area contributed by atoms with Crippen LogP contribution in [0.4, 0.5) is 0 Å². The molecule has 0 atom stereocenters. The lowest BCUT2D eigenvalue weighted by Crippen LogP contribution is -2.15. The first-order valence-electron chi connectivity index (χ1n) is 6.40. The predicted octanol–water partition coefficient (Wildman–Crippen LogP) is 5.05. The van der Waals surface area contributed by atoms with Crippen molar-refractivity contribution in [2.75, 3.05) is 0 Å².